The van der Waals surface area contributed by atoms with Crippen molar-refractivity contribution in [2.45, 2.75) is 30.8 Å². The number of carbonyl (C=O) groups is 1. The van der Waals surface area contributed by atoms with E-state index in [-0.39, 0.29) is 12.3 Å². The number of pyridine rings is 1. The summed E-state index contributed by atoms with van der Waals surface area (Å²) in [6, 6.07) is 17.9. The maximum atomic E-state index is 11.1. The van der Waals surface area contributed by atoms with Gasteiger partial charge in [0.15, 0.2) is 5.65 Å². The van der Waals surface area contributed by atoms with Crippen LogP contribution in [0, 0.1) is 11.8 Å². The molecule has 0 spiro atoms. The fourth-order valence-electron chi connectivity index (χ4n) is 3.60. The van der Waals surface area contributed by atoms with Crippen LogP contribution in [0.15, 0.2) is 72.0 Å². The average molecular weight is 458 g/mol. The van der Waals surface area contributed by atoms with E-state index in [0.29, 0.717) is 12.4 Å². The van der Waals surface area contributed by atoms with Crippen LogP contribution < -0.4 is 4.74 Å². The first-order valence-electron chi connectivity index (χ1n) is 10.4. The molecule has 7 heteroatoms. The number of benzene rings is 2. The highest BCUT2D eigenvalue weighted by Crippen LogP contribution is 2.27. The molecular formula is C26H23N3O3S. The lowest BCUT2D eigenvalue weighted by Gasteiger charge is -2.12. The van der Waals surface area contributed by atoms with E-state index in [2.05, 4.69) is 58.5 Å². The monoisotopic (exact) mass is 457 g/mol. The lowest BCUT2D eigenvalue weighted by Crippen LogP contribution is -2.05. The Balaban J connectivity index is 1.54. The molecule has 6 nitrogen and oxygen atoms in total. The van der Waals surface area contributed by atoms with Gasteiger partial charge in [0.25, 0.3) is 0 Å². The summed E-state index contributed by atoms with van der Waals surface area (Å²) in [5, 5.41) is 13.4. The van der Waals surface area contributed by atoms with Gasteiger partial charge in [0.1, 0.15) is 18.7 Å². The van der Waals surface area contributed by atoms with Crippen molar-refractivity contribution in [3.8, 4) is 28.7 Å². The first-order chi connectivity index (χ1) is 16.1. The molecule has 4 aromatic rings. The largest absolute Gasteiger partial charge is 0.489 e. The topological polar surface area (TPSA) is 76.7 Å². The second-order valence-corrected chi connectivity index (χ2v) is 8.29. The van der Waals surface area contributed by atoms with Crippen LogP contribution in [0.4, 0.5) is 0 Å². The molecule has 0 fully saturated rings. The Bertz CT molecular complexity index is 1320. The predicted molar refractivity (Wildman–Crippen MR) is 129 cm³/mol. The number of carboxylic acids is 1. The molecule has 4 rings (SSSR count). The van der Waals surface area contributed by atoms with Gasteiger partial charge < -0.3 is 9.84 Å². The standard InChI is InChI=1S/C26H23N3O3S/c1-3-4-20(14-25(30)31)18-5-9-23(10-6-18)32-16-22-13-21(15-29-26(22)27-17-28-29)19-7-11-24(33-2)12-8-19/h5-13,15,17,20H,14,16H2,1-2H3,(H,30,31). The highest BCUT2D eigenvalue weighted by molar-refractivity contribution is 7.98. The van der Waals surface area contributed by atoms with Gasteiger partial charge in [-0.15, -0.1) is 17.7 Å². The lowest BCUT2D eigenvalue weighted by atomic mass is 9.96. The maximum absolute atomic E-state index is 11.1. The van der Waals surface area contributed by atoms with E-state index in [0.717, 1.165) is 27.9 Å². The van der Waals surface area contributed by atoms with E-state index in [1.807, 2.05) is 30.5 Å². The first-order valence-corrected chi connectivity index (χ1v) is 11.6. The van der Waals surface area contributed by atoms with E-state index in [9.17, 15) is 4.79 Å². The summed E-state index contributed by atoms with van der Waals surface area (Å²) in [5.74, 6) is 5.25. The summed E-state index contributed by atoms with van der Waals surface area (Å²) in [5.41, 5.74) is 4.65. The number of ether oxygens (including phenoxy) is 1. The molecule has 0 radical (unpaired) electrons. The van der Waals surface area contributed by atoms with Crippen molar-refractivity contribution in [2.24, 2.45) is 0 Å². The zero-order chi connectivity index (χ0) is 23.2. The van der Waals surface area contributed by atoms with Crippen molar-refractivity contribution in [2.75, 3.05) is 6.26 Å². The minimum atomic E-state index is -0.872. The summed E-state index contributed by atoms with van der Waals surface area (Å²) in [6.07, 6.45) is 5.52. The van der Waals surface area contributed by atoms with Crippen LogP contribution in [0.2, 0.25) is 0 Å². The smallest absolute Gasteiger partial charge is 0.304 e. The van der Waals surface area contributed by atoms with Gasteiger partial charge in [-0.1, -0.05) is 30.2 Å². The molecule has 1 atom stereocenters. The Hall–Kier alpha value is -3.76. The molecule has 2 aromatic heterocycles. The van der Waals surface area contributed by atoms with Gasteiger partial charge in [0.2, 0.25) is 0 Å². The fraction of sp³-hybridized carbons (Fsp3) is 0.192. The van der Waals surface area contributed by atoms with E-state index in [1.54, 1.807) is 23.2 Å². The van der Waals surface area contributed by atoms with Crippen LogP contribution in [0.3, 0.4) is 0 Å². The van der Waals surface area contributed by atoms with Crippen LogP contribution in [0.1, 0.15) is 30.4 Å². The number of aliphatic carboxylic acids is 1. The molecule has 2 aromatic carbocycles. The zero-order valence-corrected chi connectivity index (χ0v) is 19.2. The number of nitrogens with zero attached hydrogens (tertiary/aromatic N) is 3. The SMILES string of the molecule is CC#CC(CC(=O)O)c1ccc(OCc2cc(-c3ccc(SC)cc3)cn3ncnc23)cc1. The molecule has 0 amide bonds. The number of fused-ring (bicyclic) bond motifs is 1. The van der Waals surface area contributed by atoms with Crippen LogP contribution in [0.5, 0.6) is 5.75 Å². The molecule has 2 heterocycles. The van der Waals surface area contributed by atoms with Crippen molar-refractivity contribution in [3.63, 3.8) is 0 Å². The zero-order valence-electron chi connectivity index (χ0n) is 18.4. The number of rotatable bonds is 8. The molecule has 166 valence electrons. The number of carboxylic acid groups (broad SMARTS) is 1. The molecule has 0 bridgehead atoms. The van der Waals surface area contributed by atoms with Crippen molar-refractivity contribution >= 4 is 23.4 Å². The van der Waals surface area contributed by atoms with Crippen molar-refractivity contribution < 1.29 is 14.6 Å². The summed E-state index contributed by atoms with van der Waals surface area (Å²) in [4.78, 5) is 16.7. The van der Waals surface area contributed by atoms with Gasteiger partial charge in [-0.05, 0) is 54.6 Å². The Morgan fingerprint density at radius 3 is 2.58 bits per heavy atom. The minimum absolute atomic E-state index is 0.0311. The third-order valence-electron chi connectivity index (χ3n) is 5.25. The molecular weight excluding hydrogens is 434 g/mol. The Kier molecular flexibility index (Phi) is 6.96. The Morgan fingerprint density at radius 2 is 1.91 bits per heavy atom. The van der Waals surface area contributed by atoms with E-state index in [1.165, 1.54) is 11.2 Å². The molecule has 0 aliphatic rings. The molecule has 0 aliphatic heterocycles. The normalized spacial score (nSPS) is 11.6. The molecule has 0 aliphatic carbocycles. The number of hydrogen-bond donors (Lipinski definition) is 1. The quantitative estimate of drug-likeness (QED) is 0.287. The van der Waals surface area contributed by atoms with Gasteiger partial charge in [-0.3, -0.25) is 4.79 Å². The molecule has 0 saturated heterocycles. The third kappa shape index (κ3) is 5.36. The number of thioether (sulfide) groups is 1. The van der Waals surface area contributed by atoms with Crippen molar-refractivity contribution in [1.29, 1.82) is 0 Å². The summed E-state index contributed by atoms with van der Waals surface area (Å²) >= 11 is 1.71. The third-order valence-corrected chi connectivity index (χ3v) is 5.99. The highest BCUT2D eigenvalue weighted by atomic mass is 32.2. The van der Waals surface area contributed by atoms with Gasteiger partial charge in [-0.25, -0.2) is 9.50 Å². The van der Waals surface area contributed by atoms with Crippen LogP contribution in [-0.4, -0.2) is 31.9 Å². The van der Waals surface area contributed by atoms with E-state index < -0.39 is 5.97 Å². The summed E-state index contributed by atoms with van der Waals surface area (Å²) < 4.78 is 7.80. The highest BCUT2D eigenvalue weighted by Gasteiger charge is 2.14. The predicted octanol–water partition coefficient (Wildman–Crippen LogP) is 5.28. The second kappa shape index (κ2) is 10.2. The first kappa shape index (κ1) is 22.4. The number of hydrogen-bond acceptors (Lipinski definition) is 5. The van der Waals surface area contributed by atoms with E-state index >= 15 is 0 Å². The van der Waals surface area contributed by atoms with Crippen LogP contribution in [-0.2, 0) is 11.4 Å². The van der Waals surface area contributed by atoms with Crippen molar-refractivity contribution in [3.05, 3.63) is 78.2 Å². The maximum Gasteiger partial charge on any atom is 0.304 e. The summed E-state index contributed by atoms with van der Waals surface area (Å²) in [6.45, 7) is 2.04. The molecule has 1 N–H and O–H groups in total. The lowest BCUT2D eigenvalue weighted by molar-refractivity contribution is -0.137. The minimum Gasteiger partial charge on any atom is -0.489 e. The van der Waals surface area contributed by atoms with Gasteiger partial charge in [0, 0.05) is 22.2 Å². The van der Waals surface area contributed by atoms with Gasteiger partial charge >= 0.3 is 5.97 Å². The number of aromatic nitrogens is 3. The van der Waals surface area contributed by atoms with Gasteiger partial charge in [-0.2, -0.15) is 5.10 Å². The Labute approximate surface area is 196 Å². The van der Waals surface area contributed by atoms with Crippen molar-refractivity contribution in [1.82, 2.24) is 14.6 Å². The molecule has 33 heavy (non-hydrogen) atoms. The average Bonchev–Trinajstić information content (AvgIpc) is 3.31. The second-order valence-electron chi connectivity index (χ2n) is 7.41. The fourth-order valence-corrected chi connectivity index (χ4v) is 4.01. The van der Waals surface area contributed by atoms with Crippen LogP contribution >= 0.6 is 11.8 Å². The Morgan fingerprint density at radius 1 is 1.15 bits per heavy atom. The molecule has 1 unspecified atom stereocenters. The van der Waals surface area contributed by atoms with E-state index in [4.69, 9.17) is 9.84 Å². The summed E-state index contributed by atoms with van der Waals surface area (Å²) in [7, 11) is 0. The van der Waals surface area contributed by atoms with Crippen LogP contribution in [0.25, 0.3) is 16.8 Å². The van der Waals surface area contributed by atoms with Gasteiger partial charge in [0.05, 0.1) is 12.3 Å². The molecule has 0 saturated carbocycles.